The molecule has 2 N–H and O–H groups in total. The first-order chi connectivity index (χ1) is 9.90. The number of benzene rings is 2. The molecule has 0 radical (unpaired) electrons. The summed E-state index contributed by atoms with van der Waals surface area (Å²) in [6.45, 7) is 2.55. The lowest BCUT2D eigenvalue weighted by Crippen LogP contribution is -2.29. The van der Waals surface area contributed by atoms with E-state index in [1.54, 1.807) is 0 Å². The molecule has 0 unspecified atom stereocenters. The highest BCUT2D eigenvalue weighted by Crippen LogP contribution is 2.17. The Hall–Kier alpha value is -1.64. The standard InChI is InChI=1S/C12H10.C6H13NO/c1-3-7-11(8-4-1)12-9-5-2-6-10-12;8-5-6-1-3-7-4-2-6/h1-10H;6-8H,1-5H2. The zero-order chi connectivity index (χ0) is 14.0. The molecule has 0 aliphatic carbocycles. The molecule has 1 aliphatic heterocycles. The van der Waals surface area contributed by atoms with Crippen LogP contribution in [0.25, 0.3) is 11.1 Å². The summed E-state index contributed by atoms with van der Waals surface area (Å²) in [5.74, 6) is 0.580. The third-order valence-corrected chi connectivity index (χ3v) is 3.60. The second kappa shape index (κ2) is 8.51. The minimum absolute atomic E-state index is 0.377. The number of aliphatic hydroxyl groups excluding tert-OH is 1. The predicted molar refractivity (Wildman–Crippen MR) is 84.6 cm³/mol. The second-order valence-corrected chi connectivity index (χ2v) is 5.11. The zero-order valence-electron chi connectivity index (χ0n) is 11.8. The molecule has 1 heterocycles. The van der Waals surface area contributed by atoms with E-state index in [2.05, 4.69) is 53.8 Å². The van der Waals surface area contributed by atoms with Gasteiger partial charge in [-0.3, -0.25) is 0 Å². The number of nitrogens with one attached hydrogen (secondary N) is 1. The third kappa shape index (κ3) is 4.80. The van der Waals surface area contributed by atoms with Gasteiger partial charge in [0, 0.05) is 6.61 Å². The topological polar surface area (TPSA) is 32.3 Å². The smallest absolute Gasteiger partial charge is 0.0460 e. The van der Waals surface area contributed by atoms with Gasteiger partial charge < -0.3 is 10.4 Å². The Morgan fingerprint density at radius 2 is 1.25 bits per heavy atom. The molecule has 2 aromatic rings. The highest BCUT2D eigenvalue weighted by molar-refractivity contribution is 5.62. The lowest BCUT2D eigenvalue weighted by atomic mass is 10.00. The van der Waals surface area contributed by atoms with E-state index in [1.807, 2.05) is 12.1 Å². The molecule has 0 bridgehead atoms. The Morgan fingerprint density at radius 1 is 0.800 bits per heavy atom. The first-order valence-electron chi connectivity index (χ1n) is 7.32. The molecule has 1 fully saturated rings. The monoisotopic (exact) mass is 269 g/mol. The van der Waals surface area contributed by atoms with Crippen LogP contribution < -0.4 is 5.32 Å². The van der Waals surface area contributed by atoms with Crippen molar-refractivity contribution in [3.8, 4) is 11.1 Å². The SMILES string of the molecule is OCC1CCNCC1.c1ccc(-c2ccccc2)cc1. The van der Waals surface area contributed by atoms with Gasteiger partial charge >= 0.3 is 0 Å². The van der Waals surface area contributed by atoms with E-state index in [4.69, 9.17) is 5.11 Å². The van der Waals surface area contributed by atoms with Gasteiger partial charge in [-0.05, 0) is 43.0 Å². The van der Waals surface area contributed by atoms with Crippen LogP contribution in [-0.2, 0) is 0 Å². The van der Waals surface area contributed by atoms with Crippen molar-refractivity contribution in [2.24, 2.45) is 5.92 Å². The number of hydrogen-bond acceptors (Lipinski definition) is 2. The van der Waals surface area contributed by atoms with Crippen molar-refractivity contribution in [2.75, 3.05) is 19.7 Å². The molecule has 1 saturated heterocycles. The van der Waals surface area contributed by atoms with Gasteiger partial charge in [0.25, 0.3) is 0 Å². The summed E-state index contributed by atoms with van der Waals surface area (Å²) in [4.78, 5) is 0. The Balaban J connectivity index is 0.000000160. The average molecular weight is 269 g/mol. The van der Waals surface area contributed by atoms with Crippen molar-refractivity contribution in [1.82, 2.24) is 5.32 Å². The molecular formula is C18H23NO. The van der Waals surface area contributed by atoms with Gasteiger partial charge in [0.1, 0.15) is 0 Å². The minimum atomic E-state index is 0.377. The third-order valence-electron chi connectivity index (χ3n) is 3.60. The molecule has 3 rings (SSSR count). The van der Waals surface area contributed by atoms with E-state index in [-0.39, 0.29) is 0 Å². The van der Waals surface area contributed by atoms with Crippen molar-refractivity contribution < 1.29 is 5.11 Å². The normalized spacial score (nSPS) is 15.2. The maximum absolute atomic E-state index is 8.66. The van der Waals surface area contributed by atoms with Crippen LogP contribution >= 0.6 is 0 Å². The quantitative estimate of drug-likeness (QED) is 0.876. The van der Waals surface area contributed by atoms with Gasteiger partial charge in [-0.1, -0.05) is 60.7 Å². The molecule has 0 amide bonds. The highest BCUT2D eigenvalue weighted by Gasteiger charge is 2.10. The summed E-state index contributed by atoms with van der Waals surface area (Å²) in [5, 5.41) is 11.9. The lowest BCUT2D eigenvalue weighted by molar-refractivity contribution is 0.196. The van der Waals surface area contributed by atoms with Gasteiger partial charge in [0.2, 0.25) is 0 Å². The Kier molecular flexibility index (Phi) is 6.28. The molecule has 106 valence electrons. The fourth-order valence-electron chi connectivity index (χ4n) is 2.33. The maximum atomic E-state index is 8.66. The lowest BCUT2D eigenvalue weighted by Gasteiger charge is -2.19. The number of hydrogen-bond donors (Lipinski definition) is 2. The average Bonchev–Trinajstić information content (AvgIpc) is 2.58. The van der Waals surface area contributed by atoms with E-state index in [9.17, 15) is 0 Å². The molecule has 0 spiro atoms. The molecular weight excluding hydrogens is 246 g/mol. The molecule has 2 aromatic carbocycles. The summed E-state index contributed by atoms with van der Waals surface area (Å²) in [7, 11) is 0. The first-order valence-corrected chi connectivity index (χ1v) is 7.32. The van der Waals surface area contributed by atoms with Crippen LogP contribution in [0.4, 0.5) is 0 Å². The van der Waals surface area contributed by atoms with E-state index in [0.29, 0.717) is 12.5 Å². The van der Waals surface area contributed by atoms with Gasteiger partial charge in [-0.15, -0.1) is 0 Å². The fourth-order valence-corrected chi connectivity index (χ4v) is 2.33. The van der Waals surface area contributed by atoms with Crippen LogP contribution in [0.3, 0.4) is 0 Å². The van der Waals surface area contributed by atoms with Crippen molar-refractivity contribution in [1.29, 1.82) is 0 Å². The second-order valence-electron chi connectivity index (χ2n) is 5.11. The van der Waals surface area contributed by atoms with Crippen molar-refractivity contribution in [3.05, 3.63) is 60.7 Å². The number of aliphatic hydroxyl groups is 1. The summed E-state index contributed by atoms with van der Waals surface area (Å²) < 4.78 is 0. The zero-order valence-corrected chi connectivity index (χ0v) is 11.8. The summed E-state index contributed by atoms with van der Waals surface area (Å²) >= 11 is 0. The fraction of sp³-hybridized carbons (Fsp3) is 0.333. The van der Waals surface area contributed by atoms with E-state index < -0.39 is 0 Å². The van der Waals surface area contributed by atoms with Crippen LogP contribution in [0.1, 0.15) is 12.8 Å². The van der Waals surface area contributed by atoms with E-state index >= 15 is 0 Å². The summed E-state index contributed by atoms with van der Waals surface area (Å²) in [6, 6.07) is 20.8. The highest BCUT2D eigenvalue weighted by atomic mass is 16.3. The molecule has 1 aliphatic rings. The summed E-state index contributed by atoms with van der Waals surface area (Å²) in [6.07, 6.45) is 2.30. The molecule has 20 heavy (non-hydrogen) atoms. The molecule has 2 heteroatoms. The number of rotatable bonds is 2. The molecule has 0 atom stereocenters. The van der Waals surface area contributed by atoms with Gasteiger partial charge in [0.05, 0.1) is 0 Å². The minimum Gasteiger partial charge on any atom is -0.396 e. The maximum Gasteiger partial charge on any atom is 0.0460 e. The van der Waals surface area contributed by atoms with Crippen molar-refractivity contribution in [3.63, 3.8) is 0 Å². The van der Waals surface area contributed by atoms with Crippen LogP contribution in [0.15, 0.2) is 60.7 Å². The Labute approximate surface area is 121 Å². The van der Waals surface area contributed by atoms with Crippen LogP contribution in [0.5, 0.6) is 0 Å². The Bertz CT molecular complexity index is 426. The molecule has 0 aromatic heterocycles. The van der Waals surface area contributed by atoms with Crippen LogP contribution in [-0.4, -0.2) is 24.8 Å². The van der Waals surface area contributed by atoms with E-state index in [0.717, 1.165) is 25.9 Å². The van der Waals surface area contributed by atoms with Crippen LogP contribution in [0.2, 0.25) is 0 Å². The van der Waals surface area contributed by atoms with E-state index in [1.165, 1.54) is 11.1 Å². The number of piperidine rings is 1. The van der Waals surface area contributed by atoms with Crippen molar-refractivity contribution >= 4 is 0 Å². The summed E-state index contributed by atoms with van der Waals surface area (Å²) in [5.41, 5.74) is 2.55. The predicted octanol–water partition coefficient (Wildman–Crippen LogP) is 3.33. The van der Waals surface area contributed by atoms with Crippen molar-refractivity contribution in [2.45, 2.75) is 12.8 Å². The van der Waals surface area contributed by atoms with Gasteiger partial charge in [-0.25, -0.2) is 0 Å². The van der Waals surface area contributed by atoms with Crippen LogP contribution in [0, 0.1) is 5.92 Å². The van der Waals surface area contributed by atoms with Gasteiger partial charge in [0.15, 0.2) is 0 Å². The Morgan fingerprint density at radius 3 is 1.60 bits per heavy atom. The van der Waals surface area contributed by atoms with Gasteiger partial charge in [-0.2, -0.15) is 0 Å². The first kappa shape index (κ1) is 14.8. The molecule has 2 nitrogen and oxygen atoms in total. The largest absolute Gasteiger partial charge is 0.396 e. The molecule has 0 saturated carbocycles.